The van der Waals surface area contributed by atoms with Crippen molar-refractivity contribution in [2.75, 3.05) is 12.8 Å². The van der Waals surface area contributed by atoms with Crippen molar-refractivity contribution in [1.82, 2.24) is 19.5 Å². The second kappa shape index (κ2) is 6.31. The van der Waals surface area contributed by atoms with E-state index < -0.39 is 9.84 Å². The number of aromatic nitrogens is 3. The second-order valence-electron chi connectivity index (χ2n) is 6.66. The molecule has 1 unspecified atom stereocenters. The molecule has 0 aliphatic carbocycles. The van der Waals surface area contributed by atoms with Crippen molar-refractivity contribution in [1.29, 1.82) is 0 Å². The number of hydrogen-bond acceptors (Lipinski definition) is 5. The molecular formula is C18H17ClN4O3S. The van der Waals surface area contributed by atoms with E-state index in [0.717, 1.165) is 11.1 Å². The van der Waals surface area contributed by atoms with Gasteiger partial charge in [0.2, 0.25) is 0 Å². The van der Waals surface area contributed by atoms with Gasteiger partial charge < -0.3 is 4.90 Å². The van der Waals surface area contributed by atoms with Crippen molar-refractivity contribution in [3.8, 4) is 0 Å². The molecule has 0 saturated heterocycles. The first kappa shape index (κ1) is 17.9. The van der Waals surface area contributed by atoms with Gasteiger partial charge in [0.15, 0.2) is 21.2 Å². The zero-order valence-electron chi connectivity index (χ0n) is 14.8. The van der Waals surface area contributed by atoms with Gasteiger partial charge in [0.25, 0.3) is 5.91 Å². The Balaban J connectivity index is 1.66. The van der Waals surface area contributed by atoms with Gasteiger partial charge in [-0.2, -0.15) is 5.10 Å². The number of amides is 1. The monoisotopic (exact) mass is 404 g/mol. The molecule has 27 heavy (non-hydrogen) atoms. The molecule has 1 amide bonds. The van der Waals surface area contributed by atoms with Crippen molar-refractivity contribution in [3.05, 3.63) is 58.5 Å². The highest BCUT2D eigenvalue weighted by Crippen LogP contribution is 2.32. The lowest BCUT2D eigenvalue weighted by Gasteiger charge is -2.35. The van der Waals surface area contributed by atoms with Crippen LogP contribution in [0.2, 0.25) is 5.02 Å². The van der Waals surface area contributed by atoms with E-state index in [-0.39, 0.29) is 11.9 Å². The molecular weight excluding hydrogens is 388 g/mol. The van der Waals surface area contributed by atoms with Crippen LogP contribution in [-0.2, 0) is 16.3 Å². The molecule has 0 radical (unpaired) electrons. The molecule has 9 heteroatoms. The van der Waals surface area contributed by atoms with Crippen LogP contribution in [0.25, 0.3) is 5.65 Å². The topological polar surface area (TPSA) is 84.6 Å². The maximum atomic E-state index is 13.0. The summed E-state index contributed by atoms with van der Waals surface area (Å²) in [7, 11) is -3.26. The minimum atomic E-state index is -3.26. The predicted octanol–water partition coefficient (Wildman–Crippen LogP) is 2.55. The minimum absolute atomic E-state index is 0.184. The number of carbonyl (C=O) groups excluding carboxylic acids is 1. The summed E-state index contributed by atoms with van der Waals surface area (Å²) in [4.78, 5) is 19.2. The van der Waals surface area contributed by atoms with Crippen LogP contribution in [0.15, 0.2) is 41.6 Å². The molecule has 1 atom stereocenters. The quantitative estimate of drug-likeness (QED) is 0.655. The number of fused-ring (bicyclic) bond motifs is 2. The Labute approximate surface area is 161 Å². The van der Waals surface area contributed by atoms with E-state index in [1.54, 1.807) is 35.4 Å². The highest BCUT2D eigenvalue weighted by atomic mass is 35.5. The van der Waals surface area contributed by atoms with Crippen molar-refractivity contribution in [2.24, 2.45) is 0 Å². The zero-order valence-corrected chi connectivity index (χ0v) is 16.3. The molecule has 7 nitrogen and oxygen atoms in total. The molecule has 3 aromatic rings. The third-order valence-corrected chi connectivity index (χ3v) is 6.15. The van der Waals surface area contributed by atoms with Crippen molar-refractivity contribution in [2.45, 2.75) is 24.3 Å². The van der Waals surface area contributed by atoms with E-state index >= 15 is 0 Å². The summed E-state index contributed by atoms with van der Waals surface area (Å²) in [6, 6.07) is 6.54. The lowest BCUT2D eigenvalue weighted by atomic mass is 9.93. The van der Waals surface area contributed by atoms with Gasteiger partial charge >= 0.3 is 0 Å². The Hall–Kier alpha value is -2.45. The van der Waals surface area contributed by atoms with Gasteiger partial charge in [-0.15, -0.1) is 0 Å². The summed E-state index contributed by atoms with van der Waals surface area (Å²) in [5, 5.41) is 4.72. The SMILES string of the molecule is CC1c2ccc(S(C)(=O)=O)cc2CCN1C(=O)c1cc2ncc(Cl)cn2n1. The fraction of sp³-hybridized carbons (Fsp3) is 0.278. The van der Waals surface area contributed by atoms with E-state index in [4.69, 9.17) is 11.6 Å². The lowest BCUT2D eigenvalue weighted by molar-refractivity contribution is 0.0671. The van der Waals surface area contributed by atoms with Crippen molar-refractivity contribution in [3.63, 3.8) is 0 Å². The Morgan fingerprint density at radius 1 is 1.30 bits per heavy atom. The van der Waals surface area contributed by atoms with E-state index in [1.165, 1.54) is 17.0 Å². The third-order valence-electron chi connectivity index (χ3n) is 4.84. The average molecular weight is 405 g/mol. The number of sulfone groups is 1. The molecule has 1 aromatic carbocycles. The first-order valence-electron chi connectivity index (χ1n) is 8.39. The summed E-state index contributed by atoms with van der Waals surface area (Å²) in [5.74, 6) is -0.193. The van der Waals surface area contributed by atoms with Crippen LogP contribution < -0.4 is 0 Å². The Bertz CT molecular complexity index is 1170. The molecule has 3 heterocycles. The molecule has 4 rings (SSSR count). The van der Waals surface area contributed by atoms with Gasteiger partial charge in [0.05, 0.1) is 22.2 Å². The Kier molecular flexibility index (Phi) is 4.20. The first-order valence-corrected chi connectivity index (χ1v) is 10.7. The molecule has 1 aliphatic heterocycles. The van der Waals surface area contributed by atoms with Crippen LogP contribution in [0.5, 0.6) is 0 Å². The Morgan fingerprint density at radius 3 is 2.81 bits per heavy atom. The number of benzene rings is 1. The van der Waals surface area contributed by atoms with Gasteiger partial charge in [-0.05, 0) is 36.6 Å². The Morgan fingerprint density at radius 2 is 2.07 bits per heavy atom. The minimum Gasteiger partial charge on any atom is -0.330 e. The smallest absolute Gasteiger partial charge is 0.274 e. The fourth-order valence-electron chi connectivity index (χ4n) is 3.42. The van der Waals surface area contributed by atoms with Gasteiger partial charge in [0.1, 0.15) is 0 Å². The van der Waals surface area contributed by atoms with E-state index in [9.17, 15) is 13.2 Å². The van der Waals surface area contributed by atoms with Gasteiger partial charge in [-0.1, -0.05) is 17.7 Å². The molecule has 0 fully saturated rings. The van der Waals surface area contributed by atoms with Crippen LogP contribution in [0.3, 0.4) is 0 Å². The summed E-state index contributed by atoms with van der Waals surface area (Å²) >= 11 is 5.92. The van der Waals surface area contributed by atoms with E-state index in [0.29, 0.717) is 34.2 Å². The largest absolute Gasteiger partial charge is 0.330 e. The highest BCUT2D eigenvalue weighted by Gasteiger charge is 2.30. The summed E-state index contributed by atoms with van der Waals surface area (Å²) in [5.41, 5.74) is 2.75. The van der Waals surface area contributed by atoms with Crippen molar-refractivity contribution >= 4 is 33.0 Å². The maximum absolute atomic E-state index is 13.0. The van der Waals surface area contributed by atoms with E-state index in [2.05, 4.69) is 10.1 Å². The molecule has 0 spiro atoms. The van der Waals surface area contributed by atoms with Crippen LogP contribution in [0.1, 0.15) is 34.6 Å². The zero-order chi connectivity index (χ0) is 19.3. The predicted molar refractivity (Wildman–Crippen MR) is 101 cm³/mol. The molecule has 1 aliphatic rings. The lowest BCUT2D eigenvalue weighted by Crippen LogP contribution is -2.39. The van der Waals surface area contributed by atoms with Gasteiger partial charge in [-0.3, -0.25) is 4.79 Å². The van der Waals surface area contributed by atoms with E-state index in [1.807, 2.05) is 6.92 Å². The standard InChI is InChI=1S/C18H17ClN4O3S/c1-11-15-4-3-14(27(2,25)26)7-12(15)5-6-22(11)18(24)16-8-17-20-9-13(19)10-23(17)21-16/h3-4,7-11H,5-6H2,1-2H3. The number of halogens is 1. The van der Waals surface area contributed by atoms with Gasteiger partial charge in [0, 0.05) is 25.1 Å². The highest BCUT2D eigenvalue weighted by molar-refractivity contribution is 7.90. The number of hydrogen-bond donors (Lipinski definition) is 0. The van der Waals surface area contributed by atoms with Crippen LogP contribution in [0.4, 0.5) is 0 Å². The third kappa shape index (κ3) is 3.19. The molecule has 0 N–H and O–H groups in total. The maximum Gasteiger partial charge on any atom is 0.274 e. The summed E-state index contributed by atoms with van der Waals surface area (Å²) in [6.07, 6.45) is 4.89. The fourth-order valence-corrected chi connectivity index (χ4v) is 4.24. The second-order valence-corrected chi connectivity index (χ2v) is 9.11. The molecule has 0 bridgehead atoms. The summed E-state index contributed by atoms with van der Waals surface area (Å²) in [6.45, 7) is 2.42. The number of rotatable bonds is 2. The average Bonchev–Trinajstić information content (AvgIpc) is 3.03. The van der Waals surface area contributed by atoms with Crippen LogP contribution in [-0.4, -0.2) is 46.6 Å². The van der Waals surface area contributed by atoms with Crippen LogP contribution >= 0.6 is 11.6 Å². The number of carbonyl (C=O) groups is 1. The first-order chi connectivity index (χ1) is 12.7. The normalized spacial score (nSPS) is 17.1. The van der Waals surface area contributed by atoms with Crippen LogP contribution in [0, 0.1) is 0 Å². The van der Waals surface area contributed by atoms with Gasteiger partial charge in [-0.25, -0.2) is 17.9 Å². The molecule has 140 valence electrons. The summed E-state index contributed by atoms with van der Waals surface area (Å²) < 4.78 is 25.0. The molecule has 2 aromatic heterocycles. The number of nitrogens with zero attached hydrogens (tertiary/aromatic N) is 4. The molecule has 0 saturated carbocycles. The van der Waals surface area contributed by atoms with Crippen molar-refractivity contribution < 1.29 is 13.2 Å².